The van der Waals surface area contributed by atoms with Crippen LogP contribution in [0.25, 0.3) is 0 Å². The summed E-state index contributed by atoms with van der Waals surface area (Å²) in [4.78, 5) is 0. The molecule has 1 aromatic rings. The van der Waals surface area contributed by atoms with Gasteiger partial charge in [-0.1, -0.05) is 30.7 Å². The first-order valence-electron chi connectivity index (χ1n) is 7.37. The average molecular weight is 282 g/mol. The third-order valence-corrected chi connectivity index (χ3v) is 3.97. The number of hydrogen-bond acceptors (Lipinski definition) is 2. The molecule has 0 bridgehead atoms. The number of nitrogens with one attached hydrogen (secondary N) is 1. The summed E-state index contributed by atoms with van der Waals surface area (Å²) in [5, 5.41) is 4.39. The van der Waals surface area contributed by atoms with E-state index in [1.807, 2.05) is 18.2 Å². The van der Waals surface area contributed by atoms with Crippen molar-refractivity contribution in [2.24, 2.45) is 0 Å². The van der Waals surface area contributed by atoms with Gasteiger partial charge in [-0.3, -0.25) is 0 Å². The second-order valence-corrected chi connectivity index (χ2v) is 5.81. The van der Waals surface area contributed by atoms with Crippen molar-refractivity contribution in [2.45, 2.75) is 57.8 Å². The Morgan fingerprint density at radius 2 is 2.05 bits per heavy atom. The molecule has 1 saturated carbocycles. The molecular weight excluding hydrogens is 258 g/mol. The van der Waals surface area contributed by atoms with E-state index in [1.165, 1.54) is 37.7 Å². The fraction of sp³-hybridized carbons (Fsp3) is 0.625. The predicted molar refractivity (Wildman–Crippen MR) is 80.6 cm³/mol. The Kier molecular flexibility index (Phi) is 6.15. The van der Waals surface area contributed by atoms with Gasteiger partial charge < -0.3 is 10.1 Å². The summed E-state index contributed by atoms with van der Waals surface area (Å²) in [6, 6.07) is 8.63. The summed E-state index contributed by atoms with van der Waals surface area (Å²) in [6.45, 7) is 4.03. The van der Waals surface area contributed by atoms with Crippen molar-refractivity contribution in [3.8, 4) is 0 Å². The topological polar surface area (TPSA) is 21.3 Å². The zero-order chi connectivity index (χ0) is 13.5. The predicted octanol–water partition coefficient (Wildman–Crippen LogP) is 4.17. The summed E-state index contributed by atoms with van der Waals surface area (Å²) in [7, 11) is 0. The third-order valence-electron chi connectivity index (χ3n) is 3.73. The lowest BCUT2D eigenvalue weighted by Gasteiger charge is -2.29. The van der Waals surface area contributed by atoms with E-state index in [1.54, 1.807) is 0 Å². The first kappa shape index (κ1) is 14.8. The maximum absolute atomic E-state index is 5.99. The molecule has 3 heteroatoms. The van der Waals surface area contributed by atoms with E-state index >= 15 is 0 Å². The highest BCUT2D eigenvalue weighted by molar-refractivity contribution is 6.30. The van der Waals surface area contributed by atoms with Crippen molar-refractivity contribution in [1.29, 1.82) is 0 Å². The molecule has 0 aromatic heterocycles. The summed E-state index contributed by atoms with van der Waals surface area (Å²) >= 11 is 5.97. The fourth-order valence-corrected chi connectivity index (χ4v) is 2.84. The summed E-state index contributed by atoms with van der Waals surface area (Å²) < 4.78 is 5.99. The zero-order valence-electron chi connectivity index (χ0n) is 11.7. The molecule has 0 heterocycles. The first-order valence-corrected chi connectivity index (χ1v) is 7.75. The fourth-order valence-electron chi connectivity index (χ4n) is 2.62. The SMILES string of the molecule is CCCNC1CCC(OCc2cccc(Cl)c2)CC1. The Labute approximate surface area is 121 Å². The van der Waals surface area contributed by atoms with Gasteiger partial charge in [-0.05, 0) is 56.3 Å². The highest BCUT2D eigenvalue weighted by Gasteiger charge is 2.20. The van der Waals surface area contributed by atoms with Crippen LogP contribution < -0.4 is 5.32 Å². The number of rotatable bonds is 6. The molecule has 1 aromatic carbocycles. The highest BCUT2D eigenvalue weighted by atomic mass is 35.5. The first-order chi connectivity index (χ1) is 9.28. The molecule has 1 aliphatic carbocycles. The van der Waals surface area contributed by atoms with Crippen molar-refractivity contribution in [3.05, 3.63) is 34.9 Å². The van der Waals surface area contributed by atoms with Crippen molar-refractivity contribution >= 4 is 11.6 Å². The van der Waals surface area contributed by atoms with Crippen LogP contribution in [0, 0.1) is 0 Å². The lowest BCUT2D eigenvalue weighted by atomic mass is 9.93. The third kappa shape index (κ3) is 5.13. The quantitative estimate of drug-likeness (QED) is 0.845. The second-order valence-electron chi connectivity index (χ2n) is 5.37. The van der Waals surface area contributed by atoms with E-state index in [4.69, 9.17) is 16.3 Å². The minimum absolute atomic E-state index is 0.415. The monoisotopic (exact) mass is 281 g/mol. The van der Waals surface area contributed by atoms with Gasteiger partial charge in [0.05, 0.1) is 12.7 Å². The normalized spacial score (nSPS) is 23.5. The van der Waals surface area contributed by atoms with E-state index in [-0.39, 0.29) is 0 Å². The molecule has 2 nitrogen and oxygen atoms in total. The lowest BCUT2D eigenvalue weighted by molar-refractivity contribution is 0.0114. The van der Waals surface area contributed by atoms with Gasteiger partial charge >= 0.3 is 0 Å². The van der Waals surface area contributed by atoms with Gasteiger partial charge in [-0.2, -0.15) is 0 Å². The maximum Gasteiger partial charge on any atom is 0.0721 e. The largest absolute Gasteiger partial charge is 0.374 e. The highest BCUT2D eigenvalue weighted by Crippen LogP contribution is 2.22. The van der Waals surface area contributed by atoms with Crippen LogP contribution in [0.15, 0.2) is 24.3 Å². The molecule has 2 rings (SSSR count). The molecule has 0 saturated heterocycles. The van der Waals surface area contributed by atoms with Gasteiger partial charge in [0.2, 0.25) is 0 Å². The Morgan fingerprint density at radius 3 is 2.74 bits per heavy atom. The summed E-state index contributed by atoms with van der Waals surface area (Å²) in [6.07, 6.45) is 6.44. The van der Waals surface area contributed by atoms with E-state index < -0.39 is 0 Å². The van der Waals surface area contributed by atoms with Gasteiger partial charge in [0.15, 0.2) is 0 Å². The van der Waals surface area contributed by atoms with Crippen LogP contribution in [0.5, 0.6) is 0 Å². The molecule has 0 atom stereocenters. The molecule has 1 fully saturated rings. The average Bonchev–Trinajstić information content (AvgIpc) is 2.44. The van der Waals surface area contributed by atoms with Crippen molar-refractivity contribution < 1.29 is 4.74 Å². The van der Waals surface area contributed by atoms with Crippen molar-refractivity contribution in [2.75, 3.05) is 6.54 Å². The number of benzene rings is 1. The van der Waals surface area contributed by atoms with E-state index in [0.29, 0.717) is 18.8 Å². The van der Waals surface area contributed by atoms with Crippen LogP contribution in [0.4, 0.5) is 0 Å². The Morgan fingerprint density at radius 1 is 1.26 bits per heavy atom. The molecule has 0 radical (unpaired) electrons. The van der Waals surface area contributed by atoms with E-state index in [9.17, 15) is 0 Å². The van der Waals surface area contributed by atoms with Crippen LogP contribution in [-0.2, 0) is 11.3 Å². The van der Waals surface area contributed by atoms with Crippen LogP contribution in [0.3, 0.4) is 0 Å². The molecule has 0 aliphatic heterocycles. The van der Waals surface area contributed by atoms with Crippen LogP contribution in [0.1, 0.15) is 44.6 Å². The van der Waals surface area contributed by atoms with Crippen LogP contribution >= 0.6 is 11.6 Å². The van der Waals surface area contributed by atoms with Gasteiger partial charge in [0, 0.05) is 11.1 Å². The van der Waals surface area contributed by atoms with E-state index in [2.05, 4.69) is 18.3 Å². The zero-order valence-corrected chi connectivity index (χ0v) is 12.5. The Hall–Kier alpha value is -0.570. The van der Waals surface area contributed by atoms with Crippen molar-refractivity contribution in [1.82, 2.24) is 5.32 Å². The van der Waals surface area contributed by atoms with Gasteiger partial charge in [0.1, 0.15) is 0 Å². The number of ether oxygens (including phenoxy) is 1. The summed E-state index contributed by atoms with van der Waals surface area (Å²) in [5.74, 6) is 0. The van der Waals surface area contributed by atoms with Crippen molar-refractivity contribution in [3.63, 3.8) is 0 Å². The maximum atomic E-state index is 5.99. The molecule has 1 N–H and O–H groups in total. The minimum atomic E-state index is 0.415. The Balaban J connectivity index is 1.68. The van der Waals surface area contributed by atoms with Gasteiger partial charge in [-0.15, -0.1) is 0 Å². The molecule has 1 aliphatic rings. The molecular formula is C16H24ClNO. The number of halogens is 1. The van der Waals surface area contributed by atoms with E-state index in [0.717, 1.165) is 11.6 Å². The lowest BCUT2D eigenvalue weighted by Crippen LogP contribution is -2.35. The molecule has 106 valence electrons. The molecule has 0 amide bonds. The van der Waals surface area contributed by atoms with Crippen LogP contribution in [0.2, 0.25) is 5.02 Å². The molecule has 0 unspecified atom stereocenters. The Bertz CT molecular complexity index is 375. The minimum Gasteiger partial charge on any atom is -0.374 e. The number of hydrogen-bond donors (Lipinski definition) is 1. The van der Waals surface area contributed by atoms with Crippen LogP contribution in [-0.4, -0.2) is 18.7 Å². The van der Waals surface area contributed by atoms with Gasteiger partial charge in [-0.25, -0.2) is 0 Å². The summed E-state index contributed by atoms with van der Waals surface area (Å²) in [5.41, 5.74) is 1.17. The molecule has 19 heavy (non-hydrogen) atoms. The van der Waals surface area contributed by atoms with Gasteiger partial charge in [0.25, 0.3) is 0 Å². The standard InChI is InChI=1S/C16H24ClNO/c1-2-10-18-15-6-8-16(9-7-15)19-12-13-4-3-5-14(17)11-13/h3-5,11,15-16,18H,2,6-10,12H2,1H3. The second kappa shape index (κ2) is 7.88. The molecule has 0 spiro atoms. The smallest absolute Gasteiger partial charge is 0.0721 e.